The zero-order valence-electron chi connectivity index (χ0n) is 17.4. The summed E-state index contributed by atoms with van der Waals surface area (Å²) < 4.78 is 6.32. The summed E-state index contributed by atoms with van der Waals surface area (Å²) in [6, 6.07) is 21.3. The second-order valence-corrected chi connectivity index (χ2v) is 8.62. The Kier molecular flexibility index (Phi) is 6.31. The molecule has 2 heterocycles. The molecular formula is C25H32N2O2. The molecule has 2 fully saturated rings. The Labute approximate surface area is 174 Å². The van der Waals surface area contributed by atoms with Gasteiger partial charge in [-0.3, -0.25) is 9.69 Å². The van der Waals surface area contributed by atoms with Crippen molar-refractivity contribution in [3.63, 3.8) is 0 Å². The predicted octanol–water partition coefficient (Wildman–Crippen LogP) is 3.90. The lowest BCUT2D eigenvalue weighted by molar-refractivity contribution is -0.148. The van der Waals surface area contributed by atoms with E-state index in [-0.39, 0.29) is 11.5 Å². The van der Waals surface area contributed by atoms with Gasteiger partial charge >= 0.3 is 0 Å². The average molecular weight is 393 g/mol. The highest BCUT2D eigenvalue weighted by Crippen LogP contribution is 2.37. The van der Waals surface area contributed by atoms with Crippen LogP contribution in [0.2, 0.25) is 0 Å². The lowest BCUT2D eigenvalue weighted by Crippen LogP contribution is -2.54. The van der Waals surface area contributed by atoms with E-state index >= 15 is 0 Å². The van der Waals surface area contributed by atoms with Crippen molar-refractivity contribution in [2.24, 2.45) is 0 Å². The highest BCUT2D eigenvalue weighted by Gasteiger charge is 2.42. The van der Waals surface area contributed by atoms with Crippen LogP contribution in [-0.4, -0.2) is 54.1 Å². The Morgan fingerprint density at radius 2 is 1.66 bits per heavy atom. The number of ether oxygens (including phenoxy) is 1. The molecule has 2 aliphatic heterocycles. The number of likely N-dealkylation sites (tertiary alicyclic amines) is 1. The van der Waals surface area contributed by atoms with Gasteiger partial charge in [-0.25, -0.2) is 0 Å². The Hall–Kier alpha value is -2.17. The van der Waals surface area contributed by atoms with E-state index in [1.807, 2.05) is 35.2 Å². The lowest BCUT2D eigenvalue weighted by atomic mass is 9.81. The molecule has 29 heavy (non-hydrogen) atoms. The Bertz CT molecular complexity index is 785. The molecule has 0 saturated carbocycles. The van der Waals surface area contributed by atoms with Crippen LogP contribution in [0, 0.1) is 0 Å². The minimum atomic E-state index is -0.0581. The van der Waals surface area contributed by atoms with Crippen LogP contribution in [0.15, 0.2) is 60.7 Å². The molecule has 0 unspecified atom stereocenters. The maximum Gasteiger partial charge on any atom is 0.226 e. The van der Waals surface area contributed by atoms with Crippen LogP contribution in [0.1, 0.15) is 36.8 Å². The lowest BCUT2D eigenvalue weighted by Gasteiger charge is -2.48. The maximum atomic E-state index is 12.7. The van der Waals surface area contributed by atoms with Gasteiger partial charge in [0.15, 0.2) is 0 Å². The summed E-state index contributed by atoms with van der Waals surface area (Å²) >= 11 is 0. The fourth-order valence-corrected chi connectivity index (χ4v) is 4.77. The van der Waals surface area contributed by atoms with Crippen LogP contribution in [0.4, 0.5) is 0 Å². The summed E-state index contributed by atoms with van der Waals surface area (Å²) in [5.74, 6) is 0.236. The fraction of sp³-hybridized carbons (Fsp3) is 0.480. The molecule has 2 aliphatic rings. The third kappa shape index (κ3) is 5.06. The van der Waals surface area contributed by atoms with Gasteiger partial charge in [-0.05, 0) is 43.9 Å². The number of piperidine rings is 1. The molecule has 4 rings (SSSR count). The molecule has 2 saturated heterocycles. The molecule has 0 radical (unpaired) electrons. The monoisotopic (exact) mass is 392 g/mol. The molecule has 1 atom stereocenters. The van der Waals surface area contributed by atoms with E-state index in [0.29, 0.717) is 12.5 Å². The molecule has 0 N–H and O–H groups in total. The maximum absolute atomic E-state index is 12.7. The van der Waals surface area contributed by atoms with Crippen LogP contribution in [0.5, 0.6) is 0 Å². The number of hydrogen-bond donors (Lipinski definition) is 0. The summed E-state index contributed by atoms with van der Waals surface area (Å²) in [5, 5.41) is 0. The minimum absolute atomic E-state index is 0.0581. The first-order valence-electron chi connectivity index (χ1n) is 10.8. The van der Waals surface area contributed by atoms with Crippen LogP contribution in [-0.2, 0) is 22.5 Å². The second-order valence-electron chi connectivity index (χ2n) is 8.62. The molecule has 0 aliphatic carbocycles. The number of amides is 1. The first kappa shape index (κ1) is 20.1. The molecule has 1 spiro atoms. The Balaban J connectivity index is 1.31. The zero-order chi connectivity index (χ0) is 20.1. The van der Waals surface area contributed by atoms with Crippen molar-refractivity contribution in [1.29, 1.82) is 0 Å². The third-order valence-corrected chi connectivity index (χ3v) is 6.59. The van der Waals surface area contributed by atoms with Crippen molar-refractivity contribution >= 4 is 5.91 Å². The van der Waals surface area contributed by atoms with Crippen molar-refractivity contribution in [2.75, 3.05) is 26.7 Å². The van der Waals surface area contributed by atoms with E-state index in [9.17, 15) is 4.79 Å². The van der Waals surface area contributed by atoms with Crippen molar-refractivity contribution < 1.29 is 9.53 Å². The van der Waals surface area contributed by atoms with Gasteiger partial charge in [0.25, 0.3) is 0 Å². The topological polar surface area (TPSA) is 32.8 Å². The Morgan fingerprint density at radius 1 is 1.03 bits per heavy atom. The average Bonchev–Trinajstić information content (AvgIpc) is 2.76. The summed E-state index contributed by atoms with van der Waals surface area (Å²) in [4.78, 5) is 17.2. The quantitative estimate of drug-likeness (QED) is 0.774. The molecule has 1 amide bonds. The number of nitrogens with zero attached hydrogens (tertiary/aromatic N) is 2. The number of benzene rings is 2. The van der Waals surface area contributed by atoms with Gasteiger partial charge in [-0.15, -0.1) is 0 Å². The molecule has 2 aromatic rings. The highest BCUT2D eigenvalue weighted by molar-refractivity contribution is 5.78. The van der Waals surface area contributed by atoms with E-state index in [0.717, 1.165) is 57.5 Å². The van der Waals surface area contributed by atoms with Gasteiger partial charge in [0.1, 0.15) is 0 Å². The second kappa shape index (κ2) is 9.10. The summed E-state index contributed by atoms with van der Waals surface area (Å²) in [7, 11) is 2.23. The van der Waals surface area contributed by atoms with Crippen molar-refractivity contribution in [2.45, 2.75) is 50.3 Å². The zero-order valence-corrected chi connectivity index (χ0v) is 17.4. The summed E-state index contributed by atoms with van der Waals surface area (Å²) in [6.45, 7) is 3.41. The number of hydrogen-bond acceptors (Lipinski definition) is 3. The van der Waals surface area contributed by atoms with E-state index in [1.54, 1.807) is 0 Å². The van der Waals surface area contributed by atoms with Crippen molar-refractivity contribution in [1.82, 2.24) is 9.80 Å². The van der Waals surface area contributed by atoms with Crippen LogP contribution in [0.3, 0.4) is 0 Å². The standard InChI is InChI=1S/C25H32N2O2/c1-26(20-22-10-6-3-7-11-22)23-12-17-29-25(19-23)13-15-27(16-14-25)24(28)18-21-8-4-2-5-9-21/h2-11,23H,12-20H2,1H3/t23-/m0/s1. The molecule has 4 heteroatoms. The Morgan fingerprint density at radius 3 is 2.31 bits per heavy atom. The number of rotatable bonds is 5. The number of carbonyl (C=O) groups is 1. The summed E-state index contributed by atoms with van der Waals surface area (Å²) in [6.07, 6.45) is 4.54. The fourth-order valence-electron chi connectivity index (χ4n) is 4.77. The SMILES string of the molecule is CN(Cc1ccccc1)[C@H]1CCOC2(CCN(C(=O)Cc3ccccc3)CC2)C1. The molecule has 154 valence electrons. The predicted molar refractivity (Wildman–Crippen MR) is 116 cm³/mol. The first-order chi connectivity index (χ1) is 14.1. The van der Waals surface area contributed by atoms with Crippen LogP contribution in [0.25, 0.3) is 0 Å². The van der Waals surface area contributed by atoms with Crippen LogP contribution >= 0.6 is 0 Å². The normalized spacial score (nSPS) is 21.4. The van der Waals surface area contributed by atoms with Crippen molar-refractivity contribution in [3.8, 4) is 0 Å². The van der Waals surface area contributed by atoms with Gasteiger partial charge in [0.2, 0.25) is 5.91 Å². The first-order valence-corrected chi connectivity index (χ1v) is 10.8. The minimum Gasteiger partial charge on any atom is -0.375 e. The van der Waals surface area contributed by atoms with Gasteiger partial charge in [0.05, 0.1) is 12.0 Å². The van der Waals surface area contributed by atoms with Gasteiger partial charge in [-0.1, -0.05) is 60.7 Å². The largest absolute Gasteiger partial charge is 0.375 e. The molecule has 2 aromatic carbocycles. The molecule has 0 aromatic heterocycles. The van der Waals surface area contributed by atoms with Crippen molar-refractivity contribution in [3.05, 3.63) is 71.8 Å². The smallest absolute Gasteiger partial charge is 0.226 e. The highest BCUT2D eigenvalue weighted by atomic mass is 16.5. The number of carbonyl (C=O) groups excluding carboxylic acids is 1. The molecule has 4 nitrogen and oxygen atoms in total. The van der Waals surface area contributed by atoms with E-state index in [1.165, 1.54) is 5.56 Å². The van der Waals surface area contributed by atoms with Gasteiger partial charge in [0, 0.05) is 32.3 Å². The van der Waals surface area contributed by atoms with Gasteiger partial charge in [-0.2, -0.15) is 0 Å². The van der Waals surface area contributed by atoms with Gasteiger partial charge < -0.3 is 9.64 Å². The summed E-state index contributed by atoms with van der Waals surface area (Å²) in [5.41, 5.74) is 2.39. The van der Waals surface area contributed by atoms with E-state index < -0.39 is 0 Å². The molecule has 0 bridgehead atoms. The third-order valence-electron chi connectivity index (χ3n) is 6.59. The molecular weight excluding hydrogens is 360 g/mol. The van der Waals surface area contributed by atoms with Crippen LogP contribution < -0.4 is 0 Å². The van der Waals surface area contributed by atoms with E-state index in [4.69, 9.17) is 4.74 Å². The van der Waals surface area contributed by atoms with E-state index in [2.05, 4.69) is 42.3 Å².